The highest BCUT2D eigenvalue weighted by Gasteiger charge is 2.42. The molecular formula is C18H20O. The monoisotopic (exact) mass is 252 g/mol. The molecule has 0 radical (unpaired) electrons. The fourth-order valence-electron chi connectivity index (χ4n) is 4.41. The predicted molar refractivity (Wildman–Crippen MR) is 78.5 cm³/mol. The molecule has 19 heavy (non-hydrogen) atoms. The maximum absolute atomic E-state index is 10.1. The molecule has 2 bridgehead atoms. The van der Waals surface area contributed by atoms with Crippen LogP contribution in [0.4, 0.5) is 0 Å². The molecule has 0 unspecified atom stereocenters. The lowest BCUT2D eigenvalue weighted by molar-refractivity contribution is 0.137. The second kappa shape index (κ2) is 4.00. The average Bonchev–Trinajstić information content (AvgIpc) is 2.49. The first-order valence-corrected chi connectivity index (χ1v) is 7.50. The van der Waals surface area contributed by atoms with Gasteiger partial charge >= 0.3 is 0 Å². The molecule has 0 heterocycles. The molecular weight excluding hydrogens is 232 g/mol. The van der Waals surface area contributed by atoms with E-state index in [0.29, 0.717) is 11.2 Å². The van der Waals surface area contributed by atoms with Crippen LogP contribution in [0.2, 0.25) is 0 Å². The van der Waals surface area contributed by atoms with E-state index >= 15 is 0 Å². The first-order chi connectivity index (χ1) is 9.28. The van der Waals surface area contributed by atoms with Crippen LogP contribution in [0.5, 0.6) is 5.75 Å². The first kappa shape index (κ1) is 11.3. The minimum Gasteiger partial charge on any atom is -0.507 e. The molecule has 2 aromatic rings. The van der Waals surface area contributed by atoms with Crippen LogP contribution in [0.15, 0.2) is 36.4 Å². The van der Waals surface area contributed by atoms with Gasteiger partial charge in [-0.3, -0.25) is 0 Å². The second-order valence-corrected chi connectivity index (χ2v) is 6.44. The summed E-state index contributed by atoms with van der Waals surface area (Å²) in [6.07, 6.45) is 8.21. The van der Waals surface area contributed by atoms with Gasteiger partial charge in [-0.1, -0.05) is 30.3 Å². The lowest BCUT2D eigenvalue weighted by atomic mass is 9.57. The van der Waals surface area contributed by atoms with Crippen molar-refractivity contribution in [1.29, 1.82) is 0 Å². The van der Waals surface area contributed by atoms with Gasteiger partial charge in [-0.25, -0.2) is 0 Å². The lowest BCUT2D eigenvalue weighted by Gasteiger charge is -2.47. The van der Waals surface area contributed by atoms with Crippen LogP contribution < -0.4 is 0 Å². The number of phenols is 1. The van der Waals surface area contributed by atoms with Crippen molar-refractivity contribution in [2.75, 3.05) is 0 Å². The van der Waals surface area contributed by atoms with Crippen molar-refractivity contribution in [1.82, 2.24) is 0 Å². The van der Waals surface area contributed by atoms with E-state index in [-0.39, 0.29) is 0 Å². The van der Waals surface area contributed by atoms with E-state index in [1.165, 1.54) is 49.5 Å². The zero-order valence-electron chi connectivity index (χ0n) is 11.2. The summed E-state index contributed by atoms with van der Waals surface area (Å²) in [6, 6.07) is 12.4. The van der Waals surface area contributed by atoms with Crippen LogP contribution >= 0.6 is 0 Å². The van der Waals surface area contributed by atoms with Crippen LogP contribution in [0.1, 0.15) is 44.1 Å². The van der Waals surface area contributed by atoms with E-state index in [0.717, 1.165) is 11.3 Å². The number of hydrogen-bond acceptors (Lipinski definition) is 1. The Balaban J connectivity index is 1.93. The Hall–Kier alpha value is -1.50. The maximum atomic E-state index is 10.1. The largest absolute Gasteiger partial charge is 0.507 e. The van der Waals surface area contributed by atoms with Crippen LogP contribution in [0.3, 0.4) is 0 Å². The van der Waals surface area contributed by atoms with Crippen LogP contribution in [0, 0.1) is 5.92 Å². The van der Waals surface area contributed by atoms with Crippen molar-refractivity contribution in [3.63, 3.8) is 0 Å². The predicted octanol–water partition coefficient (Wildman–Crippen LogP) is 4.77. The van der Waals surface area contributed by atoms with E-state index in [1.54, 1.807) is 6.07 Å². The lowest BCUT2D eigenvalue weighted by Crippen LogP contribution is -2.37. The summed E-state index contributed by atoms with van der Waals surface area (Å²) in [5.41, 5.74) is 1.88. The summed E-state index contributed by atoms with van der Waals surface area (Å²) >= 11 is 0. The maximum Gasteiger partial charge on any atom is 0.123 e. The number of hydrogen-bond donors (Lipinski definition) is 1. The fraction of sp³-hybridized carbons (Fsp3) is 0.444. The highest BCUT2D eigenvalue weighted by atomic mass is 16.3. The minimum absolute atomic E-state index is 0.391. The van der Waals surface area contributed by atoms with Crippen LogP contribution in [0.25, 0.3) is 10.8 Å². The number of fused-ring (bicyclic) bond motifs is 4. The van der Waals surface area contributed by atoms with Gasteiger partial charge in [0.05, 0.1) is 0 Å². The van der Waals surface area contributed by atoms with Gasteiger partial charge in [0.15, 0.2) is 0 Å². The zero-order valence-corrected chi connectivity index (χ0v) is 11.2. The Morgan fingerprint density at radius 1 is 0.842 bits per heavy atom. The summed E-state index contributed by atoms with van der Waals surface area (Å²) in [4.78, 5) is 0. The molecule has 0 aliphatic heterocycles. The highest BCUT2D eigenvalue weighted by Crippen LogP contribution is 2.53. The Bertz CT molecular complexity index is 607. The Morgan fingerprint density at radius 3 is 2.21 bits per heavy atom. The third-order valence-corrected chi connectivity index (χ3v) is 5.56. The molecule has 5 rings (SSSR count). The molecule has 0 atom stereocenters. The number of rotatable bonds is 1. The topological polar surface area (TPSA) is 20.2 Å². The molecule has 3 saturated carbocycles. The normalized spacial score (nSPS) is 29.8. The van der Waals surface area contributed by atoms with Gasteiger partial charge in [0, 0.05) is 5.39 Å². The molecule has 1 N–H and O–H groups in total. The smallest absolute Gasteiger partial charge is 0.123 e. The third kappa shape index (κ3) is 1.60. The van der Waals surface area contributed by atoms with E-state index < -0.39 is 0 Å². The fourth-order valence-corrected chi connectivity index (χ4v) is 4.41. The van der Waals surface area contributed by atoms with E-state index in [2.05, 4.69) is 18.2 Å². The van der Waals surface area contributed by atoms with Crippen molar-refractivity contribution >= 4 is 10.8 Å². The van der Waals surface area contributed by atoms with Gasteiger partial charge in [-0.2, -0.15) is 0 Å². The zero-order chi connectivity index (χ0) is 12.9. The van der Waals surface area contributed by atoms with Gasteiger partial charge in [-0.15, -0.1) is 0 Å². The second-order valence-electron chi connectivity index (χ2n) is 6.44. The van der Waals surface area contributed by atoms with Crippen molar-refractivity contribution in [2.24, 2.45) is 5.92 Å². The molecule has 3 fully saturated rings. The Kier molecular flexibility index (Phi) is 2.38. The Labute approximate surface area is 114 Å². The molecule has 3 aliphatic carbocycles. The molecule has 2 aromatic carbocycles. The average molecular weight is 252 g/mol. The van der Waals surface area contributed by atoms with Crippen molar-refractivity contribution < 1.29 is 5.11 Å². The van der Waals surface area contributed by atoms with Gasteiger partial charge in [0.25, 0.3) is 0 Å². The molecule has 3 aliphatic rings. The van der Waals surface area contributed by atoms with E-state index in [4.69, 9.17) is 0 Å². The molecule has 0 aromatic heterocycles. The quantitative estimate of drug-likeness (QED) is 0.775. The van der Waals surface area contributed by atoms with Gasteiger partial charge in [0.1, 0.15) is 5.75 Å². The number of benzene rings is 2. The minimum atomic E-state index is 0.391. The van der Waals surface area contributed by atoms with E-state index in [9.17, 15) is 5.11 Å². The summed E-state index contributed by atoms with van der Waals surface area (Å²) in [6.45, 7) is 0. The molecule has 1 nitrogen and oxygen atoms in total. The van der Waals surface area contributed by atoms with Gasteiger partial charge in [-0.05, 0) is 66.9 Å². The number of aromatic hydroxyl groups is 1. The van der Waals surface area contributed by atoms with Crippen LogP contribution in [-0.4, -0.2) is 5.11 Å². The van der Waals surface area contributed by atoms with Gasteiger partial charge < -0.3 is 5.11 Å². The molecule has 0 spiro atoms. The van der Waals surface area contributed by atoms with Crippen molar-refractivity contribution in [3.8, 4) is 5.75 Å². The Morgan fingerprint density at radius 2 is 1.47 bits per heavy atom. The van der Waals surface area contributed by atoms with E-state index in [1.807, 2.05) is 12.1 Å². The summed E-state index contributed by atoms with van der Waals surface area (Å²) < 4.78 is 0. The number of phenolic OH excluding ortho intramolecular Hbond substituents is 1. The molecule has 0 saturated heterocycles. The molecule has 98 valence electrons. The SMILES string of the molecule is Oc1cccc2c(C34CCC(CC3)CC4)cccc12. The molecule has 1 heteroatoms. The summed E-state index contributed by atoms with van der Waals surface area (Å²) in [7, 11) is 0. The molecule has 0 amide bonds. The summed E-state index contributed by atoms with van der Waals surface area (Å²) in [5, 5.41) is 12.3. The van der Waals surface area contributed by atoms with Crippen molar-refractivity contribution in [2.45, 2.75) is 43.9 Å². The third-order valence-electron chi connectivity index (χ3n) is 5.56. The van der Waals surface area contributed by atoms with Crippen LogP contribution in [-0.2, 0) is 5.41 Å². The summed E-state index contributed by atoms with van der Waals surface area (Å²) in [5.74, 6) is 1.41. The standard InChI is InChI=1S/C18H20O/c19-17-6-2-3-14-15(17)4-1-5-16(14)18-10-7-13(8-11-18)9-12-18/h1-6,13,19H,7-12H2. The van der Waals surface area contributed by atoms with Gasteiger partial charge in [0.2, 0.25) is 0 Å². The first-order valence-electron chi connectivity index (χ1n) is 7.50. The van der Waals surface area contributed by atoms with Crippen molar-refractivity contribution in [3.05, 3.63) is 42.0 Å². The highest BCUT2D eigenvalue weighted by molar-refractivity contribution is 5.91.